The van der Waals surface area contributed by atoms with E-state index in [1.807, 2.05) is 31.2 Å². The lowest BCUT2D eigenvalue weighted by atomic mass is 10.0. The van der Waals surface area contributed by atoms with E-state index in [0.717, 1.165) is 48.5 Å². The van der Waals surface area contributed by atoms with Crippen LogP contribution in [0, 0.1) is 17.0 Å². The lowest BCUT2D eigenvalue weighted by molar-refractivity contribution is -0.383. The molecule has 0 amide bonds. The van der Waals surface area contributed by atoms with E-state index in [2.05, 4.69) is 32.0 Å². The van der Waals surface area contributed by atoms with E-state index in [1.165, 1.54) is 6.07 Å². The molecule has 0 aliphatic carbocycles. The first kappa shape index (κ1) is 18.1. The number of hydrogen-bond donors (Lipinski definition) is 0. The Hall–Kier alpha value is -3.29. The Labute approximate surface area is 163 Å². The van der Waals surface area contributed by atoms with Crippen LogP contribution in [0.1, 0.15) is 18.5 Å². The van der Waals surface area contributed by atoms with E-state index in [1.54, 1.807) is 12.3 Å². The molecule has 0 N–H and O–H groups in total. The molecule has 1 fully saturated rings. The zero-order valence-electron chi connectivity index (χ0n) is 15.9. The van der Waals surface area contributed by atoms with Crippen molar-refractivity contribution in [2.24, 2.45) is 0 Å². The van der Waals surface area contributed by atoms with Crippen molar-refractivity contribution in [2.75, 3.05) is 29.9 Å². The molecule has 0 radical (unpaired) electrons. The van der Waals surface area contributed by atoms with Crippen LogP contribution in [0.2, 0.25) is 0 Å². The fourth-order valence-electron chi connectivity index (χ4n) is 3.92. The highest BCUT2D eigenvalue weighted by molar-refractivity contribution is 5.97. The standard InChI is InChI=1S/C20H22N6O2/c1-14-12-18(16-7-3-8-17(26(27)28)20(16)22-14)24(2)15-6-5-11-25(13-15)19-9-4-10-21-23-19/h3-4,7-10,12,15H,5-6,11,13H2,1-2H3. The number of piperidine rings is 1. The first-order chi connectivity index (χ1) is 13.5. The van der Waals surface area contributed by atoms with Gasteiger partial charge in [-0.3, -0.25) is 10.1 Å². The van der Waals surface area contributed by atoms with Crippen molar-refractivity contribution in [1.82, 2.24) is 15.2 Å². The van der Waals surface area contributed by atoms with Crippen molar-refractivity contribution >= 4 is 28.1 Å². The van der Waals surface area contributed by atoms with Gasteiger partial charge in [0.2, 0.25) is 0 Å². The van der Waals surface area contributed by atoms with Crippen molar-refractivity contribution in [1.29, 1.82) is 0 Å². The lowest BCUT2D eigenvalue weighted by Crippen LogP contribution is -2.47. The van der Waals surface area contributed by atoms with E-state index in [4.69, 9.17) is 0 Å². The van der Waals surface area contributed by atoms with Gasteiger partial charge in [-0.2, -0.15) is 5.10 Å². The van der Waals surface area contributed by atoms with Gasteiger partial charge in [0.05, 0.1) is 4.92 Å². The summed E-state index contributed by atoms with van der Waals surface area (Å²) >= 11 is 0. The molecule has 0 saturated carbocycles. The zero-order valence-corrected chi connectivity index (χ0v) is 15.9. The highest BCUT2D eigenvalue weighted by Crippen LogP contribution is 2.33. The molecule has 1 aromatic carbocycles. The third-order valence-electron chi connectivity index (χ3n) is 5.33. The highest BCUT2D eigenvalue weighted by atomic mass is 16.6. The van der Waals surface area contributed by atoms with Crippen molar-refractivity contribution < 1.29 is 4.92 Å². The Kier molecular flexibility index (Phi) is 4.77. The minimum Gasteiger partial charge on any atom is -0.369 e. The molecule has 1 atom stereocenters. The fraction of sp³-hybridized carbons (Fsp3) is 0.350. The van der Waals surface area contributed by atoms with Crippen LogP contribution in [-0.2, 0) is 0 Å². The van der Waals surface area contributed by atoms with Gasteiger partial charge in [0, 0.05) is 55.2 Å². The number of benzene rings is 1. The summed E-state index contributed by atoms with van der Waals surface area (Å²) in [4.78, 5) is 20.0. The molecule has 3 aromatic rings. The summed E-state index contributed by atoms with van der Waals surface area (Å²) < 4.78 is 0. The van der Waals surface area contributed by atoms with Crippen LogP contribution in [0.15, 0.2) is 42.6 Å². The first-order valence-electron chi connectivity index (χ1n) is 9.35. The summed E-state index contributed by atoms with van der Waals surface area (Å²) in [5, 5.41) is 20.5. The average molecular weight is 378 g/mol. The molecule has 0 bridgehead atoms. The predicted octanol–water partition coefficient (Wildman–Crippen LogP) is 3.35. The second-order valence-electron chi connectivity index (χ2n) is 7.15. The highest BCUT2D eigenvalue weighted by Gasteiger charge is 2.26. The zero-order chi connectivity index (χ0) is 19.7. The minimum absolute atomic E-state index is 0.0423. The fourth-order valence-corrected chi connectivity index (χ4v) is 3.92. The number of likely N-dealkylation sites (N-methyl/N-ethyl adjacent to an activating group) is 1. The van der Waals surface area contributed by atoms with Gasteiger partial charge in [-0.25, -0.2) is 4.98 Å². The molecule has 4 rings (SSSR count). The number of nitro benzene ring substituents is 1. The molecule has 1 unspecified atom stereocenters. The number of aryl methyl sites for hydroxylation is 1. The SMILES string of the molecule is Cc1cc(N(C)C2CCCN(c3cccnn3)C2)c2cccc([N+](=O)[O-])c2n1. The molecular formula is C20H22N6O2. The number of rotatable bonds is 4. The second kappa shape index (κ2) is 7.38. The lowest BCUT2D eigenvalue weighted by Gasteiger charge is -2.39. The second-order valence-corrected chi connectivity index (χ2v) is 7.15. The Morgan fingerprint density at radius 1 is 1.29 bits per heavy atom. The quantitative estimate of drug-likeness (QED) is 0.508. The Morgan fingerprint density at radius 3 is 2.89 bits per heavy atom. The Morgan fingerprint density at radius 2 is 2.14 bits per heavy atom. The normalized spacial score (nSPS) is 16.9. The maximum atomic E-state index is 11.4. The predicted molar refractivity (Wildman–Crippen MR) is 109 cm³/mol. The average Bonchev–Trinajstić information content (AvgIpc) is 2.72. The van der Waals surface area contributed by atoms with E-state index in [9.17, 15) is 10.1 Å². The van der Waals surface area contributed by atoms with Crippen molar-refractivity contribution in [3.05, 3.63) is 58.4 Å². The van der Waals surface area contributed by atoms with E-state index in [0.29, 0.717) is 5.52 Å². The Bertz CT molecular complexity index is 1010. The number of nitrogens with zero attached hydrogens (tertiary/aromatic N) is 6. The van der Waals surface area contributed by atoms with Gasteiger partial charge < -0.3 is 9.80 Å². The molecular weight excluding hydrogens is 356 g/mol. The summed E-state index contributed by atoms with van der Waals surface area (Å²) in [6, 6.07) is 11.3. The molecule has 1 aliphatic rings. The van der Waals surface area contributed by atoms with Gasteiger partial charge in [0.15, 0.2) is 11.3 Å². The number of nitro groups is 1. The van der Waals surface area contributed by atoms with Crippen LogP contribution in [0.25, 0.3) is 10.9 Å². The Balaban J connectivity index is 1.69. The molecule has 3 heterocycles. The van der Waals surface area contributed by atoms with Crippen LogP contribution in [0.4, 0.5) is 17.2 Å². The third-order valence-corrected chi connectivity index (χ3v) is 5.33. The monoisotopic (exact) mass is 378 g/mol. The van der Waals surface area contributed by atoms with Crippen LogP contribution in [-0.4, -0.2) is 46.3 Å². The van der Waals surface area contributed by atoms with Gasteiger partial charge in [0.1, 0.15) is 0 Å². The van der Waals surface area contributed by atoms with Crippen molar-refractivity contribution in [3.8, 4) is 0 Å². The summed E-state index contributed by atoms with van der Waals surface area (Å²) in [5.41, 5.74) is 2.22. The number of fused-ring (bicyclic) bond motifs is 1. The number of aromatic nitrogens is 3. The molecule has 8 heteroatoms. The number of para-hydroxylation sites is 1. The molecule has 1 aliphatic heterocycles. The summed E-state index contributed by atoms with van der Waals surface area (Å²) in [6.45, 7) is 3.65. The number of hydrogen-bond acceptors (Lipinski definition) is 7. The summed E-state index contributed by atoms with van der Waals surface area (Å²) in [5.74, 6) is 0.881. The maximum Gasteiger partial charge on any atom is 0.295 e. The van der Waals surface area contributed by atoms with Crippen LogP contribution >= 0.6 is 0 Å². The topological polar surface area (TPSA) is 88.3 Å². The molecule has 0 spiro atoms. The van der Waals surface area contributed by atoms with Gasteiger partial charge in [-0.05, 0) is 38.0 Å². The number of non-ortho nitro benzene ring substituents is 1. The van der Waals surface area contributed by atoms with Crippen LogP contribution in [0.3, 0.4) is 0 Å². The third kappa shape index (κ3) is 3.33. The van der Waals surface area contributed by atoms with E-state index < -0.39 is 0 Å². The molecule has 2 aromatic heterocycles. The van der Waals surface area contributed by atoms with Crippen molar-refractivity contribution in [3.63, 3.8) is 0 Å². The number of pyridine rings is 1. The first-order valence-corrected chi connectivity index (χ1v) is 9.35. The minimum atomic E-state index is -0.366. The largest absolute Gasteiger partial charge is 0.369 e. The molecule has 28 heavy (non-hydrogen) atoms. The molecule has 1 saturated heterocycles. The van der Waals surface area contributed by atoms with Gasteiger partial charge in [0.25, 0.3) is 5.69 Å². The van der Waals surface area contributed by atoms with Gasteiger partial charge in [-0.1, -0.05) is 12.1 Å². The summed E-state index contributed by atoms with van der Waals surface area (Å²) in [7, 11) is 2.05. The summed E-state index contributed by atoms with van der Waals surface area (Å²) in [6.07, 6.45) is 3.77. The molecule has 8 nitrogen and oxygen atoms in total. The van der Waals surface area contributed by atoms with Crippen LogP contribution in [0.5, 0.6) is 0 Å². The number of anilines is 2. The maximum absolute atomic E-state index is 11.4. The van der Waals surface area contributed by atoms with Gasteiger partial charge >= 0.3 is 0 Å². The van der Waals surface area contributed by atoms with E-state index >= 15 is 0 Å². The van der Waals surface area contributed by atoms with Crippen molar-refractivity contribution in [2.45, 2.75) is 25.8 Å². The van der Waals surface area contributed by atoms with Gasteiger partial charge in [-0.15, -0.1) is 5.10 Å². The van der Waals surface area contributed by atoms with Crippen LogP contribution < -0.4 is 9.80 Å². The van der Waals surface area contributed by atoms with E-state index in [-0.39, 0.29) is 16.7 Å². The molecule has 144 valence electrons. The smallest absolute Gasteiger partial charge is 0.295 e.